The molecule has 0 saturated heterocycles. The smallest absolute Gasteiger partial charge is 0.335 e. The first-order chi connectivity index (χ1) is 9.54. The van der Waals surface area contributed by atoms with E-state index >= 15 is 0 Å². The highest BCUT2D eigenvalue weighted by molar-refractivity contribution is 5.92. The fraction of sp³-hybridized carbons (Fsp3) is 0.286. The van der Waals surface area contributed by atoms with Crippen LogP contribution in [0.5, 0.6) is 0 Å². The van der Waals surface area contributed by atoms with Crippen molar-refractivity contribution < 1.29 is 23.8 Å². The standard InChI is InChI=1S/C14H16FNO4/c1-2-7-20-8-3-4-13(17)16-12-6-5-10(14(18)19)9-11(12)15/h2,5-6,9H,1,3-4,7-8H2,(H,16,17)(H,18,19). The molecule has 0 aliphatic carbocycles. The number of halogens is 1. The number of nitrogens with one attached hydrogen (secondary N) is 1. The van der Waals surface area contributed by atoms with Crippen LogP contribution in [-0.4, -0.2) is 30.2 Å². The number of rotatable bonds is 8. The topological polar surface area (TPSA) is 75.6 Å². The molecule has 0 aromatic heterocycles. The monoisotopic (exact) mass is 281 g/mol. The van der Waals surface area contributed by atoms with Gasteiger partial charge in [-0.3, -0.25) is 4.79 Å². The molecule has 0 radical (unpaired) electrons. The van der Waals surface area contributed by atoms with Crippen LogP contribution in [0, 0.1) is 5.82 Å². The molecule has 20 heavy (non-hydrogen) atoms. The van der Waals surface area contributed by atoms with Gasteiger partial charge in [-0.05, 0) is 24.6 Å². The van der Waals surface area contributed by atoms with Crippen LogP contribution < -0.4 is 5.32 Å². The Kier molecular flexibility index (Phi) is 6.39. The molecule has 0 saturated carbocycles. The lowest BCUT2D eigenvalue weighted by molar-refractivity contribution is -0.116. The van der Waals surface area contributed by atoms with E-state index in [0.717, 1.165) is 6.07 Å². The van der Waals surface area contributed by atoms with Crippen LogP contribution in [0.3, 0.4) is 0 Å². The SMILES string of the molecule is C=CCOCCCC(=O)Nc1ccc(C(=O)O)cc1F. The van der Waals surface area contributed by atoms with Gasteiger partial charge in [-0.2, -0.15) is 0 Å². The van der Waals surface area contributed by atoms with Crippen LogP contribution in [0.25, 0.3) is 0 Å². The third-order valence-electron chi connectivity index (χ3n) is 2.42. The van der Waals surface area contributed by atoms with Crippen molar-refractivity contribution in [1.29, 1.82) is 0 Å². The van der Waals surface area contributed by atoms with Crippen LogP contribution in [0.4, 0.5) is 10.1 Å². The maximum absolute atomic E-state index is 13.5. The molecule has 6 heteroatoms. The van der Waals surface area contributed by atoms with Crippen molar-refractivity contribution in [2.24, 2.45) is 0 Å². The Hall–Kier alpha value is -2.21. The number of hydrogen-bond donors (Lipinski definition) is 2. The quantitative estimate of drug-likeness (QED) is 0.567. The van der Waals surface area contributed by atoms with E-state index in [1.165, 1.54) is 12.1 Å². The molecule has 0 unspecified atom stereocenters. The summed E-state index contributed by atoms with van der Waals surface area (Å²) in [6.07, 6.45) is 2.31. The predicted molar refractivity (Wildman–Crippen MR) is 72.2 cm³/mol. The van der Waals surface area contributed by atoms with E-state index in [-0.39, 0.29) is 23.6 Å². The zero-order valence-electron chi connectivity index (χ0n) is 10.9. The highest BCUT2D eigenvalue weighted by Gasteiger charge is 2.10. The normalized spacial score (nSPS) is 10.1. The molecule has 108 valence electrons. The zero-order valence-corrected chi connectivity index (χ0v) is 10.9. The van der Waals surface area contributed by atoms with Crippen molar-refractivity contribution in [3.05, 3.63) is 42.2 Å². The van der Waals surface area contributed by atoms with Crippen molar-refractivity contribution in [1.82, 2.24) is 0 Å². The number of carboxylic acid groups (broad SMARTS) is 1. The first-order valence-corrected chi connectivity index (χ1v) is 6.06. The number of carbonyl (C=O) groups excluding carboxylic acids is 1. The third kappa shape index (κ3) is 5.19. The van der Waals surface area contributed by atoms with E-state index in [1.807, 2.05) is 0 Å². The van der Waals surface area contributed by atoms with Gasteiger partial charge in [-0.25, -0.2) is 9.18 Å². The molecule has 1 aromatic rings. The van der Waals surface area contributed by atoms with Gasteiger partial charge >= 0.3 is 5.97 Å². The molecule has 2 N–H and O–H groups in total. The Morgan fingerprint density at radius 2 is 2.20 bits per heavy atom. The second-order valence-electron chi connectivity index (χ2n) is 4.02. The minimum Gasteiger partial charge on any atom is -0.478 e. The molecule has 0 aliphatic heterocycles. The van der Waals surface area contributed by atoms with Gasteiger partial charge in [-0.15, -0.1) is 6.58 Å². The molecule has 0 fully saturated rings. The number of benzene rings is 1. The van der Waals surface area contributed by atoms with Crippen LogP contribution >= 0.6 is 0 Å². The number of carboxylic acids is 1. The molecule has 0 atom stereocenters. The van der Waals surface area contributed by atoms with E-state index in [4.69, 9.17) is 9.84 Å². The summed E-state index contributed by atoms with van der Waals surface area (Å²) in [6, 6.07) is 3.32. The molecule has 1 amide bonds. The third-order valence-corrected chi connectivity index (χ3v) is 2.42. The largest absolute Gasteiger partial charge is 0.478 e. The fourth-order valence-electron chi connectivity index (χ4n) is 1.46. The summed E-state index contributed by atoms with van der Waals surface area (Å²) in [5, 5.41) is 11.1. The summed E-state index contributed by atoms with van der Waals surface area (Å²) in [7, 11) is 0. The lowest BCUT2D eigenvalue weighted by Crippen LogP contribution is -2.13. The van der Waals surface area contributed by atoms with Crippen molar-refractivity contribution in [3.63, 3.8) is 0 Å². The second kappa shape index (κ2) is 8.06. The van der Waals surface area contributed by atoms with Crippen LogP contribution in [-0.2, 0) is 9.53 Å². The van der Waals surface area contributed by atoms with Crippen molar-refractivity contribution >= 4 is 17.6 Å². The molecular weight excluding hydrogens is 265 g/mol. The summed E-state index contributed by atoms with van der Waals surface area (Å²) in [6.45, 7) is 4.33. The van der Waals surface area contributed by atoms with E-state index in [0.29, 0.717) is 19.6 Å². The molecule has 5 nitrogen and oxygen atoms in total. The van der Waals surface area contributed by atoms with Gasteiger partial charge in [0.25, 0.3) is 0 Å². The Labute approximate surface area is 116 Å². The molecule has 0 aliphatic rings. The summed E-state index contributed by atoms with van der Waals surface area (Å²) >= 11 is 0. The molecule has 1 aromatic carbocycles. The highest BCUT2D eigenvalue weighted by Crippen LogP contribution is 2.16. The number of carbonyl (C=O) groups is 2. The van der Waals surface area contributed by atoms with Gasteiger partial charge in [0, 0.05) is 13.0 Å². The number of amides is 1. The van der Waals surface area contributed by atoms with E-state index < -0.39 is 11.8 Å². The summed E-state index contributed by atoms with van der Waals surface area (Å²) < 4.78 is 18.7. The minimum atomic E-state index is -1.22. The van der Waals surface area contributed by atoms with Gasteiger partial charge in [0.05, 0.1) is 17.9 Å². The Morgan fingerprint density at radius 3 is 2.80 bits per heavy atom. The zero-order chi connectivity index (χ0) is 15.0. The van der Waals surface area contributed by atoms with Crippen LogP contribution in [0.1, 0.15) is 23.2 Å². The van der Waals surface area contributed by atoms with E-state index in [9.17, 15) is 14.0 Å². The number of anilines is 1. The number of ether oxygens (including phenoxy) is 1. The average Bonchev–Trinajstić information content (AvgIpc) is 2.40. The fourth-order valence-corrected chi connectivity index (χ4v) is 1.46. The van der Waals surface area contributed by atoms with Crippen LogP contribution in [0.15, 0.2) is 30.9 Å². The predicted octanol–water partition coefficient (Wildman–Crippen LogP) is 2.45. The van der Waals surface area contributed by atoms with Gasteiger partial charge in [-0.1, -0.05) is 6.08 Å². The van der Waals surface area contributed by atoms with Crippen molar-refractivity contribution in [3.8, 4) is 0 Å². The summed E-state index contributed by atoms with van der Waals surface area (Å²) in [4.78, 5) is 22.2. The Bertz CT molecular complexity index is 502. The molecule has 0 bridgehead atoms. The first kappa shape index (κ1) is 15.8. The summed E-state index contributed by atoms with van der Waals surface area (Å²) in [5.74, 6) is -2.35. The lowest BCUT2D eigenvalue weighted by Gasteiger charge is -2.07. The highest BCUT2D eigenvalue weighted by atomic mass is 19.1. The van der Waals surface area contributed by atoms with Crippen molar-refractivity contribution in [2.45, 2.75) is 12.8 Å². The Balaban J connectivity index is 2.45. The van der Waals surface area contributed by atoms with Gasteiger partial charge < -0.3 is 15.2 Å². The molecular formula is C14H16FNO4. The maximum Gasteiger partial charge on any atom is 0.335 e. The van der Waals surface area contributed by atoms with E-state index in [1.54, 1.807) is 6.08 Å². The van der Waals surface area contributed by atoms with Gasteiger partial charge in [0.1, 0.15) is 5.82 Å². The molecule has 1 rings (SSSR count). The maximum atomic E-state index is 13.5. The van der Waals surface area contributed by atoms with Gasteiger partial charge in [0.15, 0.2) is 0 Å². The lowest BCUT2D eigenvalue weighted by atomic mass is 10.2. The number of hydrogen-bond acceptors (Lipinski definition) is 3. The minimum absolute atomic E-state index is 0.0352. The molecule has 0 heterocycles. The molecule has 0 spiro atoms. The average molecular weight is 281 g/mol. The Morgan fingerprint density at radius 1 is 1.45 bits per heavy atom. The first-order valence-electron chi connectivity index (χ1n) is 6.06. The number of aromatic carboxylic acids is 1. The van der Waals surface area contributed by atoms with Crippen molar-refractivity contribution in [2.75, 3.05) is 18.5 Å². The van der Waals surface area contributed by atoms with E-state index in [2.05, 4.69) is 11.9 Å². The summed E-state index contributed by atoms with van der Waals surface area (Å²) in [5.41, 5.74) is -0.203. The second-order valence-corrected chi connectivity index (χ2v) is 4.02. The van der Waals surface area contributed by atoms with Crippen LogP contribution in [0.2, 0.25) is 0 Å². The van der Waals surface area contributed by atoms with Gasteiger partial charge in [0.2, 0.25) is 5.91 Å².